The fourth-order valence-corrected chi connectivity index (χ4v) is 3.62. The van der Waals surface area contributed by atoms with Crippen molar-refractivity contribution in [1.82, 2.24) is 4.90 Å². The Bertz CT molecular complexity index is 698. The van der Waals surface area contributed by atoms with Crippen LogP contribution in [0.4, 0.5) is 10.1 Å². The maximum absolute atomic E-state index is 13.3. The number of rotatable bonds is 3. The van der Waals surface area contributed by atoms with Crippen LogP contribution in [0.15, 0.2) is 29.6 Å². The molecule has 2 aromatic rings. The Balaban J connectivity index is 1.69. The summed E-state index contributed by atoms with van der Waals surface area (Å²) in [5.41, 5.74) is 2.73. The fourth-order valence-electron chi connectivity index (χ4n) is 2.73. The van der Waals surface area contributed by atoms with Gasteiger partial charge in [0.15, 0.2) is 0 Å². The summed E-state index contributed by atoms with van der Waals surface area (Å²) in [6.45, 7) is 5.44. The second-order valence-electron chi connectivity index (χ2n) is 5.71. The first kappa shape index (κ1) is 15.2. The molecule has 1 amide bonds. The van der Waals surface area contributed by atoms with Gasteiger partial charge in [-0.25, -0.2) is 4.39 Å². The zero-order valence-corrected chi connectivity index (χ0v) is 13.5. The molecule has 0 aliphatic carbocycles. The van der Waals surface area contributed by atoms with Gasteiger partial charge < -0.3 is 5.32 Å². The van der Waals surface area contributed by atoms with Crippen molar-refractivity contribution in [3.05, 3.63) is 51.5 Å². The molecule has 1 aliphatic heterocycles. The molecular weight excluding hydrogens is 299 g/mol. The van der Waals surface area contributed by atoms with E-state index in [0.29, 0.717) is 5.69 Å². The Kier molecular flexibility index (Phi) is 4.27. The minimum atomic E-state index is -0.338. The van der Waals surface area contributed by atoms with Crippen molar-refractivity contribution in [1.29, 1.82) is 0 Å². The van der Waals surface area contributed by atoms with Crippen molar-refractivity contribution < 1.29 is 9.18 Å². The summed E-state index contributed by atoms with van der Waals surface area (Å²) < 4.78 is 13.3. The lowest BCUT2D eigenvalue weighted by Gasteiger charge is -2.31. The lowest BCUT2D eigenvalue weighted by atomic mass is 10.1. The second kappa shape index (κ2) is 6.18. The molecule has 1 aliphatic rings. The molecule has 3 rings (SSSR count). The number of benzene rings is 1. The molecule has 116 valence electrons. The predicted octanol–water partition coefficient (Wildman–Crippen LogP) is 3.58. The lowest BCUT2D eigenvalue weighted by Crippen LogP contribution is -2.44. The number of amides is 1. The van der Waals surface area contributed by atoms with Crippen LogP contribution in [0.3, 0.4) is 0 Å². The first-order chi connectivity index (χ1) is 10.5. The molecule has 0 saturated heterocycles. The number of nitrogens with one attached hydrogen (secondary N) is 1. The number of carbonyl (C=O) groups is 1. The first-order valence-corrected chi connectivity index (χ1v) is 8.29. The van der Waals surface area contributed by atoms with Crippen LogP contribution < -0.4 is 5.32 Å². The van der Waals surface area contributed by atoms with Gasteiger partial charge in [0.05, 0.1) is 6.04 Å². The van der Waals surface area contributed by atoms with Crippen LogP contribution in [0.1, 0.15) is 22.9 Å². The Hall–Kier alpha value is -1.72. The maximum Gasteiger partial charge on any atom is 0.241 e. The van der Waals surface area contributed by atoms with Crippen LogP contribution in [0.5, 0.6) is 0 Å². The van der Waals surface area contributed by atoms with E-state index in [1.807, 2.05) is 13.8 Å². The number of hydrogen-bond donors (Lipinski definition) is 1. The largest absolute Gasteiger partial charge is 0.324 e. The van der Waals surface area contributed by atoms with E-state index in [-0.39, 0.29) is 17.8 Å². The molecule has 22 heavy (non-hydrogen) atoms. The molecule has 1 aromatic heterocycles. The third-order valence-corrected chi connectivity index (χ3v) is 5.24. The molecule has 1 unspecified atom stereocenters. The Labute approximate surface area is 133 Å². The molecule has 1 atom stereocenters. The molecule has 1 N–H and O–H groups in total. The topological polar surface area (TPSA) is 32.3 Å². The average molecular weight is 318 g/mol. The number of halogens is 1. The normalized spacial score (nSPS) is 16.1. The molecule has 5 heteroatoms. The van der Waals surface area contributed by atoms with Gasteiger partial charge in [0.25, 0.3) is 0 Å². The monoisotopic (exact) mass is 318 g/mol. The summed E-state index contributed by atoms with van der Waals surface area (Å²) in [7, 11) is 0. The van der Waals surface area contributed by atoms with Gasteiger partial charge in [0.1, 0.15) is 5.82 Å². The Morgan fingerprint density at radius 1 is 1.41 bits per heavy atom. The molecule has 2 heterocycles. The average Bonchev–Trinajstić information content (AvgIpc) is 2.97. The van der Waals surface area contributed by atoms with Gasteiger partial charge in [-0.2, -0.15) is 0 Å². The van der Waals surface area contributed by atoms with Gasteiger partial charge in [-0.15, -0.1) is 11.3 Å². The van der Waals surface area contributed by atoms with Crippen molar-refractivity contribution in [3.8, 4) is 0 Å². The highest BCUT2D eigenvalue weighted by molar-refractivity contribution is 7.10. The minimum Gasteiger partial charge on any atom is -0.324 e. The van der Waals surface area contributed by atoms with Gasteiger partial charge in [0.2, 0.25) is 5.91 Å². The summed E-state index contributed by atoms with van der Waals surface area (Å²) in [4.78, 5) is 16.0. The molecule has 0 saturated carbocycles. The first-order valence-electron chi connectivity index (χ1n) is 7.41. The third-order valence-electron chi connectivity index (χ3n) is 4.22. The number of nitrogens with zero attached hydrogens (tertiary/aromatic N) is 1. The molecule has 1 aromatic carbocycles. The summed E-state index contributed by atoms with van der Waals surface area (Å²) in [6, 6.07) is 6.34. The van der Waals surface area contributed by atoms with Crippen LogP contribution in [-0.2, 0) is 17.8 Å². The number of hydrogen-bond acceptors (Lipinski definition) is 3. The number of fused-ring (bicyclic) bond motifs is 1. The highest BCUT2D eigenvalue weighted by Crippen LogP contribution is 2.25. The van der Waals surface area contributed by atoms with Crippen LogP contribution in [-0.4, -0.2) is 23.4 Å². The Morgan fingerprint density at radius 2 is 2.23 bits per heavy atom. The summed E-state index contributed by atoms with van der Waals surface area (Å²) >= 11 is 1.78. The molecule has 3 nitrogen and oxygen atoms in total. The van der Waals surface area contributed by atoms with Crippen molar-refractivity contribution in [2.24, 2.45) is 0 Å². The maximum atomic E-state index is 13.3. The molecule has 0 fully saturated rings. The van der Waals surface area contributed by atoms with E-state index in [1.165, 1.54) is 22.6 Å². The predicted molar refractivity (Wildman–Crippen MR) is 87.7 cm³/mol. The summed E-state index contributed by atoms with van der Waals surface area (Å²) in [5, 5.41) is 4.95. The van der Waals surface area contributed by atoms with Crippen LogP contribution in [0, 0.1) is 12.7 Å². The number of thiophene rings is 1. The van der Waals surface area contributed by atoms with Crippen LogP contribution in [0.25, 0.3) is 0 Å². The number of carbonyl (C=O) groups excluding carboxylic acids is 1. The Morgan fingerprint density at radius 3 is 3.05 bits per heavy atom. The van der Waals surface area contributed by atoms with Crippen molar-refractivity contribution in [3.63, 3.8) is 0 Å². The van der Waals surface area contributed by atoms with Gasteiger partial charge in [-0.3, -0.25) is 9.69 Å². The van der Waals surface area contributed by atoms with Crippen molar-refractivity contribution in [2.45, 2.75) is 32.9 Å². The van der Waals surface area contributed by atoms with E-state index in [2.05, 4.69) is 21.7 Å². The number of aryl methyl sites for hydroxylation is 1. The van der Waals surface area contributed by atoms with Gasteiger partial charge in [-0.1, -0.05) is 6.07 Å². The minimum absolute atomic E-state index is 0.0904. The highest BCUT2D eigenvalue weighted by Gasteiger charge is 2.26. The van der Waals surface area contributed by atoms with E-state index >= 15 is 0 Å². The third kappa shape index (κ3) is 3.05. The van der Waals surface area contributed by atoms with Crippen molar-refractivity contribution in [2.75, 3.05) is 11.9 Å². The number of anilines is 1. The molecule has 0 bridgehead atoms. The van der Waals surface area contributed by atoms with E-state index in [0.717, 1.165) is 25.1 Å². The van der Waals surface area contributed by atoms with Crippen LogP contribution in [0.2, 0.25) is 0 Å². The van der Waals surface area contributed by atoms with Gasteiger partial charge in [0, 0.05) is 23.7 Å². The quantitative estimate of drug-likeness (QED) is 0.938. The highest BCUT2D eigenvalue weighted by atomic mass is 32.1. The van der Waals surface area contributed by atoms with Gasteiger partial charge >= 0.3 is 0 Å². The fraction of sp³-hybridized carbons (Fsp3) is 0.353. The molecule has 0 spiro atoms. The SMILES string of the molecule is Cc1ccc(F)cc1NC(=O)C(C)N1CCc2sccc2C1. The van der Waals surface area contributed by atoms with Crippen LogP contribution >= 0.6 is 11.3 Å². The van der Waals surface area contributed by atoms with Crippen molar-refractivity contribution >= 4 is 22.9 Å². The van der Waals surface area contributed by atoms with Gasteiger partial charge in [-0.05, 0) is 55.0 Å². The van der Waals surface area contributed by atoms with E-state index in [1.54, 1.807) is 17.4 Å². The summed E-state index contributed by atoms with van der Waals surface area (Å²) in [6.07, 6.45) is 0.990. The second-order valence-corrected chi connectivity index (χ2v) is 6.71. The van der Waals surface area contributed by atoms with E-state index in [9.17, 15) is 9.18 Å². The van der Waals surface area contributed by atoms with E-state index < -0.39 is 0 Å². The molecular formula is C17H19FN2OS. The lowest BCUT2D eigenvalue weighted by molar-refractivity contribution is -0.121. The summed E-state index contributed by atoms with van der Waals surface area (Å²) in [5.74, 6) is -0.429. The standard InChI is InChI=1S/C17H19FN2OS/c1-11-3-4-14(18)9-15(11)19-17(21)12(2)20-7-5-16-13(10-20)6-8-22-16/h3-4,6,8-9,12H,5,7,10H2,1-2H3,(H,19,21). The molecule has 0 radical (unpaired) electrons. The smallest absolute Gasteiger partial charge is 0.241 e. The zero-order valence-electron chi connectivity index (χ0n) is 12.7. The zero-order chi connectivity index (χ0) is 15.7. The van der Waals surface area contributed by atoms with E-state index in [4.69, 9.17) is 0 Å².